The van der Waals surface area contributed by atoms with Crippen LogP contribution in [0.5, 0.6) is 0 Å². The van der Waals surface area contributed by atoms with Crippen LogP contribution < -0.4 is 11.1 Å². The molecule has 10 heteroatoms. The monoisotopic (exact) mass is 427 g/mol. The second kappa shape index (κ2) is 16.8. The van der Waals surface area contributed by atoms with E-state index in [0.717, 1.165) is 44.3 Å². The number of carbonyl (C=O) groups excluding carboxylic acids is 1. The van der Waals surface area contributed by atoms with Crippen LogP contribution in [0.1, 0.15) is 38.5 Å². The third kappa shape index (κ3) is 17.1. The van der Waals surface area contributed by atoms with Crippen molar-refractivity contribution < 1.29 is 18.6 Å². The molecule has 0 bridgehead atoms. The number of hydrogen-bond donors (Lipinski definition) is 2. The molecule has 0 radical (unpaired) electrons. The van der Waals surface area contributed by atoms with Gasteiger partial charge in [0.25, 0.3) is 6.57 Å². The molecule has 7 nitrogen and oxygen atoms in total. The van der Waals surface area contributed by atoms with E-state index in [2.05, 4.69) is 16.6 Å². The lowest BCUT2D eigenvalue weighted by molar-refractivity contribution is 0.149. The van der Waals surface area contributed by atoms with Gasteiger partial charge in [0.2, 0.25) is 0 Å². The van der Waals surface area contributed by atoms with E-state index in [0.29, 0.717) is 25.5 Å². The maximum Gasteiger partial charge on any atom is 0.407 e. The zero-order valence-electron chi connectivity index (χ0n) is 16.2. The number of alkyl carbamates (subject to hydrolysis) is 1. The molecule has 0 saturated heterocycles. The fourth-order valence-electron chi connectivity index (χ4n) is 1.91. The number of unbranched alkanes of at least 4 members (excludes halogenated alkanes) is 3. The zero-order chi connectivity index (χ0) is 19.7. The van der Waals surface area contributed by atoms with Crippen molar-refractivity contribution in [1.82, 2.24) is 5.32 Å². The SMILES string of the molecule is CSCCCC(N)=NCCOC(=O)NCCCCCCOP(C)(=O)SC. The Hall–Kier alpha value is -0.370. The molecule has 0 rings (SSSR count). The summed E-state index contributed by atoms with van der Waals surface area (Å²) in [5.41, 5.74) is 5.77. The van der Waals surface area contributed by atoms with Crippen LogP contribution in [-0.2, 0) is 13.8 Å². The third-order valence-corrected chi connectivity index (χ3v) is 7.74. The van der Waals surface area contributed by atoms with Crippen LogP contribution in [0, 0.1) is 0 Å². The highest BCUT2D eigenvalue weighted by atomic mass is 32.7. The van der Waals surface area contributed by atoms with Gasteiger partial charge in [-0.05, 0) is 37.5 Å². The molecule has 26 heavy (non-hydrogen) atoms. The molecule has 0 aliphatic carbocycles. The lowest BCUT2D eigenvalue weighted by atomic mass is 10.2. The Morgan fingerprint density at radius 3 is 2.58 bits per heavy atom. The Morgan fingerprint density at radius 2 is 1.88 bits per heavy atom. The highest BCUT2D eigenvalue weighted by Gasteiger charge is 2.12. The molecule has 0 heterocycles. The number of rotatable bonds is 16. The van der Waals surface area contributed by atoms with Crippen LogP contribution in [0.2, 0.25) is 0 Å². The number of aliphatic imine (C=N–C) groups is 1. The molecule has 0 spiro atoms. The average Bonchev–Trinajstić information content (AvgIpc) is 2.61. The molecule has 0 aliphatic heterocycles. The number of ether oxygens (including phenoxy) is 1. The topological polar surface area (TPSA) is 103 Å². The number of amidine groups is 1. The van der Waals surface area contributed by atoms with Crippen LogP contribution >= 0.6 is 29.7 Å². The summed E-state index contributed by atoms with van der Waals surface area (Å²) in [5.74, 6) is 1.68. The summed E-state index contributed by atoms with van der Waals surface area (Å²) >= 11 is 3.06. The number of nitrogens with zero attached hydrogens (tertiary/aromatic N) is 1. The lowest BCUT2D eigenvalue weighted by Crippen LogP contribution is -2.26. The summed E-state index contributed by atoms with van der Waals surface area (Å²) in [7, 11) is 0. The average molecular weight is 428 g/mol. The summed E-state index contributed by atoms with van der Waals surface area (Å²) < 4.78 is 22.0. The van der Waals surface area contributed by atoms with Gasteiger partial charge in [-0.25, -0.2) is 4.79 Å². The molecule has 1 amide bonds. The predicted octanol–water partition coefficient (Wildman–Crippen LogP) is 3.98. The summed E-state index contributed by atoms with van der Waals surface area (Å²) in [4.78, 5) is 15.7. The van der Waals surface area contributed by atoms with Crippen LogP contribution in [0.4, 0.5) is 4.79 Å². The second-order valence-electron chi connectivity index (χ2n) is 5.73. The molecule has 0 saturated carbocycles. The Bertz CT molecular complexity index is 453. The minimum atomic E-state index is -2.45. The molecule has 1 atom stereocenters. The minimum Gasteiger partial charge on any atom is -0.448 e. The largest absolute Gasteiger partial charge is 0.448 e. The lowest BCUT2D eigenvalue weighted by Gasteiger charge is -2.10. The summed E-state index contributed by atoms with van der Waals surface area (Å²) in [6.07, 6.45) is 8.94. The van der Waals surface area contributed by atoms with Gasteiger partial charge in [-0.2, -0.15) is 11.8 Å². The number of nitrogens with one attached hydrogen (secondary N) is 1. The van der Waals surface area contributed by atoms with E-state index in [1.807, 2.05) is 0 Å². The minimum absolute atomic E-state index is 0.235. The molecule has 154 valence electrons. The van der Waals surface area contributed by atoms with E-state index in [4.69, 9.17) is 15.0 Å². The smallest absolute Gasteiger partial charge is 0.407 e. The maximum absolute atomic E-state index is 11.7. The van der Waals surface area contributed by atoms with Gasteiger partial charge in [-0.15, -0.1) is 0 Å². The summed E-state index contributed by atoms with van der Waals surface area (Å²) in [6.45, 7) is 0.920. The number of hydrogen-bond acceptors (Lipinski definition) is 7. The maximum atomic E-state index is 11.7. The van der Waals surface area contributed by atoms with Gasteiger partial charge >= 0.3 is 6.09 Å². The van der Waals surface area contributed by atoms with E-state index < -0.39 is 12.7 Å². The van der Waals surface area contributed by atoms with Crippen molar-refractivity contribution in [2.24, 2.45) is 10.7 Å². The quantitative estimate of drug-likeness (QED) is 0.166. The number of carbonyl (C=O) groups is 1. The van der Waals surface area contributed by atoms with Crippen molar-refractivity contribution in [2.75, 3.05) is 51.2 Å². The molecule has 0 aromatic heterocycles. The van der Waals surface area contributed by atoms with Gasteiger partial charge < -0.3 is 20.3 Å². The predicted molar refractivity (Wildman–Crippen MR) is 115 cm³/mol. The number of amides is 1. The van der Waals surface area contributed by atoms with E-state index in [1.54, 1.807) is 24.7 Å². The Kier molecular flexibility index (Phi) is 16.5. The van der Waals surface area contributed by atoms with Crippen LogP contribution in [0.15, 0.2) is 4.99 Å². The molecular weight excluding hydrogens is 393 g/mol. The zero-order valence-corrected chi connectivity index (χ0v) is 18.7. The first kappa shape index (κ1) is 25.6. The molecular formula is C16H34N3O4PS2. The number of thioether (sulfide) groups is 1. The van der Waals surface area contributed by atoms with E-state index >= 15 is 0 Å². The van der Waals surface area contributed by atoms with Crippen molar-refractivity contribution in [3.05, 3.63) is 0 Å². The summed E-state index contributed by atoms with van der Waals surface area (Å²) in [6, 6.07) is 0. The van der Waals surface area contributed by atoms with Gasteiger partial charge in [0.05, 0.1) is 19.0 Å². The Balaban J connectivity index is 3.47. The van der Waals surface area contributed by atoms with Crippen molar-refractivity contribution in [1.29, 1.82) is 0 Å². The van der Waals surface area contributed by atoms with E-state index in [9.17, 15) is 9.36 Å². The first-order chi connectivity index (χ1) is 12.4. The molecule has 1 unspecified atom stereocenters. The first-order valence-corrected chi connectivity index (χ1v) is 14.2. The van der Waals surface area contributed by atoms with Gasteiger partial charge in [-0.3, -0.25) is 9.56 Å². The van der Waals surface area contributed by atoms with Crippen molar-refractivity contribution in [2.45, 2.75) is 38.5 Å². The Labute approximate surface area is 166 Å². The standard InChI is InChI=1S/C16H34N3O4PS2/c1-24(21,26-3)23-12-7-5-4-6-10-19-16(20)22-13-11-18-15(17)9-8-14-25-2/h4-14H2,1-3H3,(H2,17,18)(H,19,20). The molecule has 0 fully saturated rings. The molecule has 0 aromatic rings. The van der Waals surface area contributed by atoms with Crippen LogP contribution in [0.3, 0.4) is 0 Å². The van der Waals surface area contributed by atoms with Gasteiger partial charge in [0.15, 0.2) is 0 Å². The summed E-state index contributed by atoms with van der Waals surface area (Å²) in [5, 5.41) is 2.71. The fourth-order valence-corrected chi connectivity index (χ4v) is 3.45. The van der Waals surface area contributed by atoms with E-state index in [1.165, 1.54) is 11.4 Å². The van der Waals surface area contributed by atoms with Crippen molar-refractivity contribution in [3.8, 4) is 0 Å². The molecule has 0 aromatic carbocycles. The third-order valence-electron chi connectivity index (χ3n) is 3.42. The second-order valence-corrected chi connectivity index (χ2v) is 12.0. The Morgan fingerprint density at radius 1 is 1.15 bits per heavy atom. The normalized spacial score (nSPS) is 14.0. The first-order valence-electron chi connectivity index (χ1n) is 8.87. The van der Waals surface area contributed by atoms with Gasteiger partial charge in [0, 0.05) is 19.6 Å². The van der Waals surface area contributed by atoms with Crippen LogP contribution in [-0.4, -0.2) is 63.2 Å². The highest BCUT2D eigenvalue weighted by Crippen LogP contribution is 2.54. The molecule has 3 N–H and O–H groups in total. The fraction of sp³-hybridized carbons (Fsp3) is 0.875. The number of nitrogens with two attached hydrogens (primary N) is 1. The van der Waals surface area contributed by atoms with Gasteiger partial charge in [-0.1, -0.05) is 24.2 Å². The highest BCUT2D eigenvalue weighted by molar-refractivity contribution is 8.56. The van der Waals surface area contributed by atoms with E-state index in [-0.39, 0.29) is 6.61 Å². The molecule has 0 aliphatic rings. The van der Waals surface area contributed by atoms with Crippen LogP contribution in [0.25, 0.3) is 0 Å². The van der Waals surface area contributed by atoms with Gasteiger partial charge in [0.1, 0.15) is 6.61 Å². The van der Waals surface area contributed by atoms with Crippen molar-refractivity contribution in [3.63, 3.8) is 0 Å². The van der Waals surface area contributed by atoms with Crippen molar-refractivity contribution >= 4 is 41.6 Å².